The second-order valence-electron chi connectivity index (χ2n) is 12.4. The topological polar surface area (TPSA) is 100 Å². The first-order chi connectivity index (χ1) is 18.7. The minimum absolute atomic E-state index is 0.0958. The molecule has 1 unspecified atom stereocenters. The van der Waals surface area contributed by atoms with Gasteiger partial charge in [0, 0.05) is 16.7 Å². The zero-order valence-corrected chi connectivity index (χ0v) is 27.3. The Morgan fingerprint density at radius 3 is 2.52 bits per heavy atom. The molecule has 1 saturated heterocycles. The molecule has 9 nitrogen and oxygen atoms in total. The number of hydrogen-bond acceptors (Lipinski definition) is 9. The van der Waals surface area contributed by atoms with E-state index in [4.69, 9.17) is 13.9 Å². The highest BCUT2D eigenvalue weighted by atomic mass is 33.1. The van der Waals surface area contributed by atoms with Crippen molar-refractivity contribution in [3.63, 3.8) is 0 Å². The maximum absolute atomic E-state index is 12.8. The molecule has 3 heterocycles. The van der Waals surface area contributed by atoms with Gasteiger partial charge in [-0.3, -0.25) is 9.36 Å². The monoisotopic (exact) mass is 603 g/mol. The Hall–Kier alpha value is -1.96. The van der Waals surface area contributed by atoms with Crippen LogP contribution in [0.15, 0.2) is 43.0 Å². The molecule has 1 amide bonds. The standard InChI is InChI=1S/C28H41N5O4S2Si/c1-27(2,3)39-38-18-35-20-14-22(37-21(20)15-36-40(7,8)28(4,5)6)33-17-31-23-24(29-16-30-25(23)33)32-26(34)19-12-10-9-11-13-19/h9-13,16-17,20-22H,14-15,18H2,1-8H3,(H,29,30,32,34)/t20?,21-,22-/m1/s1. The highest BCUT2D eigenvalue weighted by Gasteiger charge is 2.42. The lowest BCUT2D eigenvalue weighted by Gasteiger charge is -2.37. The quantitative estimate of drug-likeness (QED) is 0.115. The minimum atomic E-state index is -1.97. The van der Waals surface area contributed by atoms with Crippen LogP contribution in [0, 0.1) is 0 Å². The molecule has 0 radical (unpaired) electrons. The van der Waals surface area contributed by atoms with Gasteiger partial charge in [0.1, 0.15) is 24.6 Å². The summed E-state index contributed by atoms with van der Waals surface area (Å²) in [5.41, 5.74) is 1.64. The van der Waals surface area contributed by atoms with E-state index in [1.54, 1.807) is 40.0 Å². The number of anilines is 1. The van der Waals surface area contributed by atoms with Crippen molar-refractivity contribution in [2.45, 2.75) is 89.3 Å². The largest absolute Gasteiger partial charge is 0.414 e. The van der Waals surface area contributed by atoms with Gasteiger partial charge in [-0.05, 0) is 30.3 Å². The Labute approximate surface area is 246 Å². The Morgan fingerprint density at radius 1 is 1.12 bits per heavy atom. The normalized spacial score (nSPS) is 20.2. The number of nitrogens with one attached hydrogen (secondary N) is 1. The van der Waals surface area contributed by atoms with E-state index in [1.807, 2.05) is 22.8 Å². The zero-order valence-electron chi connectivity index (χ0n) is 24.6. The summed E-state index contributed by atoms with van der Waals surface area (Å²) in [6.45, 7) is 18.2. The molecule has 0 aliphatic carbocycles. The summed E-state index contributed by atoms with van der Waals surface area (Å²) in [7, 11) is 1.54. The first-order valence-corrected chi connectivity index (χ1v) is 18.7. The molecule has 1 aliphatic heterocycles. The molecule has 3 atom stereocenters. The summed E-state index contributed by atoms with van der Waals surface area (Å²) in [4.78, 5) is 26.1. The van der Waals surface area contributed by atoms with E-state index in [9.17, 15) is 4.79 Å². The van der Waals surface area contributed by atoms with Crippen molar-refractivity contribution in [1.29, 1.82) is 0 Å². The van der Waals surface area contributed by atoms with Crippen molar-refractivity contribution >= 4 is 52.8 Å². The van der Waals surface area contributed by atoms with Crippen molar-refractivity contribution in [2.75, 3.05) is 17.9 Å². The third kappa shape index (κ3) is 7.65. The molecule has 2 aromatic heterocycles. The van der Waals surface area contributed by atoms with Crippen molar-refractivity contribution < 1.29 is 18.7 Å². The highest BCUT2D eigenvalue weighted by Crippen LogP contribution is 2.40. The molecule has 3 aromatic rings. The Balaban J connectivity index is 1.51. The summed E-state index contributed by atoms with van der Waals surface area (Å²) in [6.07, 6.45) is 3.06. The predicted molar refractivity (Wildman–Crippen MR) is 166 cm³/mol. The number of imidazole rings is 1. The number of nitrogens with zero attached hydrogens (tertiary/aromatic N) is 4. The number of hydrogen-bond donors (Lipinski definition) is 1. The zero-order chi connectivity index (χ0) is 29.1. The van der Waals surface area contributed by atoms with Gasteiger partial charge in [-0.25, -0.2) is 15.0 Å². The molecule has 0 spiro atoms. The van der Waals surface area contributed by atoms with Crippen LogP contribution in [0.4, 0.5) is 5.82 Å². The van der Waals surface area contributed by atoms with Crippen LogP contribution in [-0.2, 0) is 13.9 Å². The highest BCUT2D eigenvalue weighted by molar-refractivity contribution is 8.77. The second-order valence-corrected chi connectivity index (χ2v) is 20.3. The van der Waals surface area contributed by atoms with Gasteiger partial charge in [-0.2, -0.15) is 0 Å². The van der Waals surface area contributed by atoms with Gasteiger partial charge in [-0.1, -0.05) is 81.3 Å². The maximum atomic E-state index is 12.8. The molecular weight excluding hydrogens is 563 g/mol. The third-order valence-corrected chi connectivity index (χ3v) is 14.7. The lowest BCUT2D eigenvalue weighted by atomic mass is 10.2. The van der Waals surface area contributed by atoms with E-state index in [0.717, 1.165) is 0 Å². The number of amides is 1. The fourth-order valence-corrected chi connectivity index (χ4v) is 6.96. The van der Waals surface area contributed by atoms with Crippen LogP contribution in [0.25, 0.3) is 11.2 Å². The van der Waals surface area contributed by atoms with Crippen molar-refractivity contribution in [2.24, 2.45) is 0 Å². The number of fused-ring (bicyclic) bond motifs is 1. The van der Waals surface area contributed by atoms with Crippen molar-refractivity contribution in [3.8, 4) is 0 Å². The third-order valence-electron chi connectivity index (χ3n) is 7.17. The molecule has 40 heavy (non-hydrogen) atoms. The van der Waals surface area contributed by atoms with Crippen LogP contribution in [0.5, 0.6) is 0 Å². The van der Waals surface area contributed by atoms with Gasteiger partial charge in [-0.15, -0.1) is 0 Å². The van der Waals surface area contributed by atoms with Crippen LogP contribution >= 0.6 is 21.6 Å². The number of aromatic nitrogens is 4. The van der Waals surface area contributed by atoms with Crippen LogP contribution < -0.4 is 5.32 Å². The first kappa shape index (κ1) is 31.0. The van der Waals surface area contributed by atoms with E-state index >= 15 is 0 Å². The molecule has 1 fully saturated rings. The fraction of sp³-hybridized carbons (Fsp3) is 0.571. The molecule has 0 saturated carbocycles. The van der Waals surface area contributed by atoms with E-state index in [-0.39, 0.29) is 34.1 Å². The average Bonchev–Trinajstić information content (AvgIpc) is 3.49. The predicted octanol–water partition coefficient (Wildman–Crippen LogP) is 6.91. The molecule has 4 rings (SSSR count). The van der Waals surface area contributed by atoms with Gasteiger partial charge < -0.3 is 19.2 Å². The SMILES string of the molecule is CC(C)(C)SSCOC1C[C@H](n2cnc3c(NC(=O)c4ccccc4)ncnc32)O[C@@H]1CO[Si](C)(C)C(C)(C)C. The summed E-state index contributed by atoms with van der Waals surface area (Å²) in [5, 5.41) is 2.96. The van der Waals surface area contributed by atoms with E-state index in [0.29, 0.717) is 41.5 Å². The molecule has 1 aliphatic rings. The smallest absolute Gasteiger partial charge is 0.256 e. The Morgan fingerprint density at radius 2 is 1.85 bits per heavy atom. The van der Waals surface area contributed by atoms with Gasteiger partial charge >= 0.3 is 0 Å². The summed E-state index contributed by atoms with van der Waals surface area (Å²) in [6, 6.07) is 9.01. The number of ether oxygens (including phenoxy) is 2. The molecule has 1 aromatic carbocycles. The summed E-state index contributed by atoms with van der Waals surface area (Å²) >= 11 is 0. The lowest BCUT2D eigenvalue weighted by Crippen LogP contribution is -2.44. The van der Waals surface area contributed by atoms with Crippen LogP contribution in [0.2, 0.25) is 18.1 Å². The van der Waals surface area contributed by atoms with Crippen LogP contribution in [0.3, 0.4) is 0 Å². The second kappa shape index (κ2) is 12.5. The van der Waals surface area contributed by atoms with Crippen molar-refractivity contribution in [1.82, 2.24) is 19.5 Å². The van der Waals surface area contributed by atoms with E-state index in [2.05, 4.69) is 74.9 Å². The molecule has 12 heteroatoms. The lowest BCUT2D eigenvalue weighted by molar-refractivity contribution is -0.0506. The Kier molecular flexibility index (Phi) is 9.68. The van der Waals surface area contributed by atoms with Crippen LogP contribution in [-0.4, -0.2) is 63.2 Å². The fourth-order valence-electron chi connectivity index (χ4n) is 3.94. The first-order valence-electron chi connectivity index (χ1n) is 13.5. The number of carbonyl (C=O) groups is 1. The molecule has 1 N–H and O–H groups in total. The number of carbonyl (C=O) groups excluding carboxylic acids is 1. The van der Waals surface area contributed by atoms with Crippen LogP contribution in [0.1, 0.15) is 64.5 Å². The van der Waals surface area contributed by atoms with Gasteiger partial charge in [0.15, 0.2) is 25.3 Å². The molecule has 0 bridgehead atoms. The summed E-state index contributed by atoms with van der Waals surface area (Å²) in [5.74, 6) is 0.660. The van der Waals surface area contributed by atoms with E-state index < -0.39 is 8.32 Å². The van der Waals surface area contributed by atoms with Gasteiger partial charge in [0.2, 0.25) is 0 Å². The van der Waals surface area contributed by atoms with E-state index in [1.165, 1.54) is 6.33 Å². The maximum Gasteiger partial charge on any atom is 0.256 e. The Bertz CT molecular complexity index is 1290. The minimum Gasteiger partial charge on any atom is -0.414 e. The molecule has 218 valence electrons. The van der Waals surface area contributed by atoms with Gasteiger partial charge in [0.25, 0.3) is 5.91 Å². The number of benzene rings is 1. The average molecular weight is 604 g/mol. The van der Waals surface area contributed by atoms with Crippen molar-refractivity contribution in [3.05, 3.63) is 48.5 Å². The van der Waals surface area contributed by atoms with Gasteiger partial charge in [0.05, 0.1) is 19.0 Å². The number of rotatable bonds is 10. The molecular formula is C28H41N5O4S2Si. The summed E-state index contributed by atoms with van der Waals surface area (Å²) < 4.78 is 21.5.